The largest absolute Gasteiger partial charge is 0.444 e. The number of nitrogens with zero attached hydrogens (tertiary/aromatic N) is 1. The summed E-state index contributed by atoms with van der Waals surface area (Å²) in [6.45, 7) is 0.0918. The summed E-state index contributed by atoms with van der Waals surface area (Å²) < 4.78 is 16.5. The number of amides is 1. The highest BCUT2D eigenvalue weighted by molar-refractivity contribution is 5.69. The standard InChI is InChI=1S/C6H10FNO2/c1-8-4-5(2-3-7)10-6(8)9/h5H,2-4H2,1H3. The summed E-state index contributed by atoms with van der Waals surface area (Å²) in [5.41, 5.74) is 0. The van der Waals surface area contributed by atoms with Gasteiger partial charge in [-0.15, -0.1) is 0 Å². The van der Waals surface area contributed by atoms with Crippen LogP contribution in [0.4, 0.5) is 9.18 Å². The highest BCUT2D eigenvalue weighted by Crippen LogP contribution is 2.11. The fourth-order valence-electron chi connectivity index (χ4n) is 0.922. The van der Waals surface area contributed by atoms with E-state index >= 15 is 0 Å². The van der Waals surface area contributed by atoms with Crippen molar-refractivity contribution in [3.8, 4) is 0 Å². The Morgan fingerprint density at radius 1 is 1.90 bits per heavy atom. The number of rotatable bonds is 2. The Bertz CT molecular complexity index is 140. The van der Waals surface area contributed by atoms with Crippen molar-refractivity contribution in [3.63, 3.8) is 0 Å². The van der Waals surface area contributed by atoms with Crippen molar-refractivity contribution in [3.05, 3.63) is 0 Å². The Morgan fingerprint density at radius 3 is 3.00 bits per heavy atom. The number of ether oxygens (including phenoxy) is 1. The van der Waals surface area contributed by atoms with E-state index < -0.39 is 6.67 Å². The van der Waals surface area contributed by atoms with Crippen LogP contribution in [0.25, 0.3) is 0 Å². The summed E-state index contributed by atoms with van der Waals surface area (Å²) in [4.78, 5) is 12.1. The van der Waals surface area contributed by atoms with Gasteiger partial charge in [-0.25, -0.2) is 4.79 Å². The highest BCUT2D eigenvalue weighted by atomic mass is 19.1. The van der Waals surface area contributed by atoms with Crippen molar-refractivity contribution in [2.24, 2.45) is 0 Å². The lowest BCUT2D eigenvalue weighted by molar-refractivity contribution is 0.127. The predicted molar refractivity (Wildman–Crippen MR) is 33.5 cm³/mol. The van der Waals surface area contributed by atoms with Crippen LogP contribution in [0.3, 0.4) is 0 Å². The summed E-state index contributed by atoms with van der Waals surface area (Å²) in [5, 5.41) is 0. The van der Waals surface area contributed by atoms with E-state index in [0.29, 0.717) is 13.0 Å². The van der Waals surface area contributed by atoms with Crippen molar-refractivity contribution < 1.29 is 13.9 Å². The normalized spacial score (nSPS) is 25.2. The lowest BCUT2D eigenvalue weighted by Crippen LogP contribution is -2.19. The number of carbonyl (C=O) groups excluding carboxylic acids is 1. The zero-order chi connectivity index (χ0) is 7.56. The first kappa shape index (κ1) is 7.31. The molecule has 0 N–H and O–H groups in total. The first-order chi connectivity index (χ1) is 4.74. The van der Waals surface area contributed by atoms with Crippen LogP contribution in [0.5, 0.6) is 0 Å². The maximum absolute atomic E-state index is 11.7. The minimum Gasteiger partial charge on any atom is -0.444 e. The minimum absolute atomic E-state index is 0.234. The highest BCUT2D eigenvalue weighted by Gasteiger charge is 2.27. The van der Waals surface area contributed by atoms with Gasteiger partial charge in [0.25, 0.3) is 0 Å². The number of carbonyl (C=O) groups is 1. The van der Waals surface area contributed by atoms with Gasteiger partial charge in [0, 0.05) is 13.5 Å². The maximum atomic E-state index is 11.7. The molecule has 58 valence electrons. The first-order valence-electron chi connectivity index (χ1n) is 3.21. The average molecular weight is 147 g/mol. The number of likely N-dealkylation sites (N-methyl/N-ethyl adjacent to an activating group) is 1. The molecule has 0 aromatic heterocycles. The quantitative estimate of drug-likeness (QED) is 0.578. The minimum atomic E-state index is -0.425. The van der Waals surface area contributed by atoms with Crippen LogP contribution in [0.15, 0.2) is 0 Å². The zero-order valence-electron chi connectivity index (χ0n) is 5.84. The number of alkyl halides is 1. The third-order valence-corrected chi connectivity index (χ3v) is 1.49. The molecule has 0 bridgehead atoms. The van der Waals surface area contributed by atoms with E-state index in [1.54, 1.807) is 7.05 Å². The van der Waals surface area contributed by atoms with E-state index in [2.05, 4.69) is 0 Å². The van der Waals surface area contributed by atoms with Crippen molar-refractivity contribution in [1.82, 2.24) is 4.90 Å². The second-order valence-corrected chi connectivity index (χ2v) is 2.36. The number of hydrogen-bond donors (Lipinski definition) is 0. The maximum Gasteiger partial charge on any atom is 0.409 e. The predicted octanol–water partition coefficient (Wildman–Crippen LogP) is 0.797. The van der Waals surface area contributed by atoms with Gasteiger partial charge >= 0.3 is 6.09 Å². The van der Waals surface area contributed by atoms with Gasteiger partial charge in [0.05, 0.1) is 13.2 Å². The second-order valence-electron chi connectivity index (χ2n) is 2.36. The van der Waals surface area contributed by atoms with E-state index in [0.717, 1.165) is 0 Å². The molecule has 0 aromatic rings. The number of cyclic esters (lactones) is 1. The Hall–Kier alpha value is -0.800. The van der Waals surface area contributed by atoms with Crippen LogP contribution in [0, 0.1) is 0 Å². The number of halogens is 1. The molecule has 0 aliphatic carbocycles. The molecule has 4 heteroatoms. The zero-order valence-corrected chi connectivity index (χ0v) is 5.84. The van der Waals surface area contributed by atoms with Gasteiger partial charge in [-0.3, -0.25) is 4.39 Å². The molecule has 1 aliphatic rings. The Labute approximate surface area is 58.8 Å². The molecule has 0 saturated carbocycles. The molecule has 1 atom stereocenters. The van der Waals surface area contributed by atoms with Crippen LogP contribution in [0.1, 0.15) is 6.42 Å². The van der Waals surface area contributed by atoms with Gasteiger partial charge in [0.15, 0.2) is 0 Å². The topological polar surface area (TPSA) is 29.5 Å². The van der Waals surface area contributed by atoms with Crippen LogP contribution >= 0.6 is 0 Å². The second kappa shape index (κ2) is 2.86. The molecule has 10 heavy (non-hydrogen) atoms. The van der Waals surface area contributed by atoms with Gasteiger partial charge in [0.1, 0.15) is 6.10 Å². The molecule has 1 aliphatic heterocycles. The average Bonchev–Trinajstić information content (AvgIpc) is 2.14. The van der Waals surface area contributed by atoms with Crippen LogP contribution in [-0.2, 0) is 4.74 Å². The van der Waals surface area contributed by atoms with Crippen LogP contribution in [-0.4, -0.2) is 37.4 Å². The Morgan fingerprint density at radius 2 is 2.60 bits per heavy atom. The molecule has 1 saturated heterocycles. The van der Waals surface area contributed by atoms with E-state index in [9.17, 15) is 9.18 Å². The van der Waals surface area contributed by atoms with Crippen LogP contribution in [0.2, 0.25) is 0 Å². The third kappa shape index (κ3) is 1.37. The Kier molecular flexibility index (Phi) is 2.09. The van der Waals surface area contributed by atoms with Gasteiger partial charge in [-0.1, -0.05) is 0 Å². The lowest BCUT2D eigenvalue weighted by Gasteiger charge is -2.02. The van der Waals surface area contributed by atoms with Crippen LogP contribution < -0.4 is 0 Å². The summed E-state index contributed by atoms with van der Waals surface area (Å²) in [6, 6.07) is 0. The molecule has 1 heterocycles. The van der Waals surface area contributed by atoms with E-state index in [1.165, 1.54) is 4.90 Å². The van der Waals surface area contributed by atoms with Gasteiger partial charge in [-0.2, -0.15) is 0 Å². The van der Waals surface area contributed by atoms with E-state index in [4.69, 9.17) is 4.74 Å². The van der Waals surface area contributed by atoms with Crippen molar-refractivity contribution in [2.75, 3.05) is 20.3 Å². The van der Waals surface area contributed by atoms with Gasteiger partial charge < -0.3 is 9.64 Å². The molecule has 1 amide bonds. The fraction of sp³-hybridized carbons (Fsp3) is 0.833. The molecule has 1 rings (SSSR count). The van der Waals surface area contributed by atoms with Gasteiger partial charge in [0.2, 0.25) is 0 Å². The van der Waals surface area contributed by atoms with Crippen molar-refractivity contribution in [2.45, 2.75) is 12.5 Å². The van der Waals surface area contributed by atoms with Gasteiger partial charge in [-0.05, 0) is 0 Å². The van der Waals surface area contributed by atoms with E-state index in [1.807, 2.05) is 0 Å². The summed E-state index contributed by atoms with van der Waals surface area (Å²) in [6.07, 6.45) is -0.267. The third-order valence-electron chi connectivity index (χ3n) is 1.49. The molecule has 0 spiro atoms. The Balaban J connectivity index is 2.34. The van der Waals surface area contributed by atoms with Crippen molar-refractivity contribution in [1.29, 1.82) is 0 Å². The summed E-state index contributed by atoms with van der Waals surface area (Å²) >= 11 is 0. The summed E-state index contributed by atoms with van der Waals surface area (Å²) in [5.74, 6) is 0. The van der Waals surface area contributed by atoms with Crippen molar-refractivity contribution >= 4 is 6.09 Å². The van der Waals surface area contributed by atoms with E-state index in [-0.39, 0.29) is 12.2 Å². The molecular weight excluding hydrogens is 137 g/mol. The molecular formula is C6H10FNO2. The summed E-state index contributed by atoms with van der Waals surface area (Å²) in [7, 11) is 1.64. The number of hydrogen-bond acceptors (Lipinski definition) is 2. The monoisotopic (exact) mass is 147 g/mol. The first-order valence-corrected chi connectivity index (χ1v) is 3.21. The lowest BCUT2D eigenvalue weighted by atomic mass is 10.3. The smallest absolute Gasteiger partial charge is 0.409 e. The SMILES string of the molecule is CN1CC(CCF)OC1=O. The molecule has 1 unspecified atom stereocenters. The molecule has 1 fully saturated rings. The molecule has 0 radical (unpaired) electrons. The molecule has 0 aromatic carbocycles. The molecule has 3 nitrogen and oxygen atoms in total. The fourth-order valence-corrected chi connectivity index (χ4v) is 0.922.